The van der Waals surface area contributed by atoms with Crippen LogP contribution in [0.2, 0.25) is 0 Å². The number of sulfone groups is 1. The van der Waals surface area contributed by atoms with E-state index in [1.807, 2.05) is 28.8 Å². The van der Waals surface area contributed by atoms with Crippen LogP contribution in [0.3, 0.4) is 0 Å². The normalized spacial score (nSPS) is 17.6. The molecule has 1 aromatic heterocycles. The van der Waals surface area contributed by atoms with E-state index in [0.717, 1.165) is 12.2 Å². The third-order valence-corrected chi connectivity index (χ3v) is 7.47. The number of hydrogen-bond acceptors (Lipinski definition) is 7. The Balaban J connectivity index is 1.56. The van der Waals surface area contributed by atoms with Gasteiger partial charge >= 0.3 is 0 Å². The molecule has 1 aliphatic heterocycles. The number of thioether (sulfide) groups is 1. The summed E-state index contributed by atoms with van der Waals surface area (Å²) in [4.78, 5) is 12.2. The molecule has 0 spiro atoms. The highest BCUT2D eigenvalue weighted by Gasteiger charge is 2.29. The van der Waals surface area contributed by atoms with Crippen LogP contribution in [-0.4, -0.2) is 52.4 Å². The van der Waals surface area contributed by atoms with Crippen molar-refractivity contribution in [1.82, 2.24) is 20.1 Å². The first-order valence-corrected chi connectivity index (χ1v) is 12.6. The fraction of sp³-hybridized carbons (Fsp3) is 0.450. The van der Waals surface area contributed by atoms with Gasteiger partial charge in [-0.15, -0.1) is 16.8 Å². The van der Waals surface area contributed by atoms with Crippen molar-refractivity contribution in [2.75, 3.05) is 17.3 Å². The lowest BCUT2D eigenvalue weighted by Crippen LogP contribution is -2.36. The summed E-state index contributed by atoms with van der Waals surface area (Å²) in [5, 5.41) is 11.7. The zero-order chi connectivity index (χ0) is 21.6. The van der Waals surface area contributed by atoms with Crippen LogP contribution >= 0.6 is 11.8 Å². The second-order valence-corrected chi connectivity index (χ2v) is 10.2. The van der Waals surface area contributed by atoms with Crippen LogP contribution in [-0.2, 0) is 34.2 Å². The number of nitrogens with one attached hydrogen (secondary N) is 1. The first-order valence-electron chi connectivity index (χ1n) is 9.77. The Labute approximate surface area is 181 Å². The standard InChI is InChI=1S/C20H26N4O4S2/c1-3-10-24-18(12-28-17-7-5-15(4-2)6-8-17)22-23-20(24)29-13-19(25)21-16-9-11-30(26,27)14-16/h3,5-8,16H,1,4,9-14H2,2H3,(H,21,25)/t16-/m1/s1. The molecule has 162 valence electrons. The maximum absolute atomic E-state index is 12.2. The second-order valence-electron chi connectivity index (χ2n) is 7.04. The van der Waals surface area contributed by atoms with Gasteiger partial charge in [-0.05, 0) is 30.5 Å². The monoisotopic (exact) mass is 450 g/mol. The smallest absolute Gasteiger partial charge is 0.230 e. The zero-order valence-corrected chi connectivity index (χ0v) is 18.5. The summed E-state index contributed by atoms with van der Waals surface area (Å²) < 4.78 is 30.7. The molecule has 0 saturated carbocycles. The molecule has 2 aromatic rings. The molecule has 1 aliphatic rings. The maximum Gasteiger partial charge on any atom is 0.230 e. The van der Waals surface area contributed by atoms with Crippen molar-refractivity contribution in [1.29, 1.82) is 0 Å². The molecular formula is C20H26N4O4S2. The van der Waals surface area contributed by atoms with Gasteiger partial charge in [0.05, 0.1) is 17.3 Å². The summed E-state index contributed by atoms with van der Waals surface area (Å²) in [6.07, 6.45) is 3.17. The lowest BCUT2D eigenvalue weighted by Gasteiger charge is -2.11. The summed E-state index contributed by atoms with van der Waals surface area (Å²) in [6, 6.07) is 7.60. The third kappa shape index (κ3) is 6.09. The molecule has 1 aromatic carbocycles. The van der Waals surface area contributed by atoms with Gasteiger partial charge in [-0.2, -0.15) is 0 Å². The van der Waals surface area contributed by atoms with E-state index >= 15 is 0 Å². The van der Waals surface area contributed by atoms with Crippen LogP contribution in [0.15, 0.2) is 42.1 Å². The molecule has 3 rings (SSSR count). The molecule has 1 N–H and O–H groups in total. The Bertz CT molecular complexity index is 987. The minimum atomic E-state index is -3.03. The van der Waals surface area contributed by atoms with Crippen molar-refractivity contribution in [3.05, 3.63) is 48.3 Å². The molecule has 1 atom stereocenters. The highest BCUT2D eigenvalue weighted by molar-refractivity contribution is 7.99. The minimum Gasteiger partial charge on any atom is -0.486 e. The average molecular weight is 451 g/mol. The van der Waals surface area contributed by atoms with Gasteiger partial charge in [0, 0.05) is 12.6 Å². The van der Waals surface area contributed by atoms with Gasteiger partial charge in [0.1, 0.15) is 12.4 Å². The van der Waals surface area contributed by atoms with Crippen LogP contribution in [0.5, 0.6) is 5.75 Å². The Hall–Kier alpha value is -2.33. The fourth-order valence-corrected chi connectivity index (χ4v) is 5.57. The second kappa shape index (κ2) is 10.1. The van der Waals surface area contributed by atoms with E-state index in [0.29, 0.717) is 23.9 Å². The molecule has 1 saturated heterocycles. The largest absolute Gasteiger partial charge is 0.486 e. The van der Waals surface area contributed by atoms with Crippen molar-refractivity contribution in [2.24, 2.45) is 0 Å². The number of carbonyl (C=O) groups excluding carboxylic acids is 1. The Morgan fingerprint density at radius 3 is 2.77 bits per heavy atom. The lowest BCUT2D eigenvalue weighted by atomic mass is 10.2. The predicted octanol–water partition coefficient (Wildman–Crippen LogP) is 2.00. The maximum atomic E-state index is 12.2. The molecule has 0 aliphatic carbocycles. The minimum absolute atomic E-state index is 0.0107. The average Bonchev–Trinajstić information content (AvgIpc) is 3.27. The van der Waals surface area contributed by atoms with Crippen LogP contribution in [0.4, 0.5) is 0 Å². The highest BCUT2D eigenvalue weighted by atomic mass is 32.2. The lowest BCUT2D eigenvalue weighted by molar-refractivity contribution is -0.119. The number of nitrogens with zero attached hydrogens (tertiary/aromatic N) is 3. The summed E-state index contributed by atoms with van der Waals surface area (Å²) in [5.41, 5.74) is 1.24. The van der Waals surface area contributed by atoms with Gasteiger partial charge in [-0.3, -0.25) is 9.36 Å². The van der Waals surface area contributed by atoms with E-state index in [4.69, 9.17) is 4.74 Å². The topological polar surface area (TPSA) is 103 Å². The Morgan fingerprint density at radius 2 is 2.13 bits per heavy atom. The van der Waals surface area contributed by atoms with E-state index in [1.165, 1.54) is 17.3 Å². The molecule has 30 heavy (non-hydrogen) atoms. The molecule has 2 heterocycles. The molecular weight excluding hydrogens is 424 g/mol. The van der Waals surface area contributed by atoms with E-state index in [9.17, 15) is 13.2 Å². The van der Waals surface area contributed by atoms with Gasteiger partial charge in [0.15, 0.2) is 20.8 Å². The van der Waals surface area contributed by atoms with E-state index in [-0.39, 0.29) is 35.8 Å². The van der Waals surface area contributed by atoms with Crippen molar-refractivity contribution >= 4 is 27.5 Å². The number of amides is 1. The summed E-state index contributed by atoms with van der Waals surface area (Å²) in [5.74, 6) is 1.44. The summed E-state index contributed by atoms with van der Waals surface area (Å²) in [6.45, 7) is 6.61. The number of carbonyl (C=O) groups is 1. The number of aryl methyl sites for hydroxylation is 1. The van der Waals surface area contributed by atoms with Crippen molar-refractivity contribution in [3.8, 4) is 5.75 Å². The van der Waals surface area contributed by atoms with Crippen molar-refractivity contribution in [3.63, 3.8) is 0 Å². The van der Waals surface area contributed by atoms with Gasteiger partial charge in [-0.25, -0.2) is 8.42 Å². The molecule has 1 fully saturated rings. The number of rotatable bonds is 10. The molecule has 0 bridgehead atoms. The SMILES string of the molecule is C=CCn1c(COc2ccc(CC)cc2)nnc1SCC(=O)N[C@@H]1CCS(=O)(=O)C1. The predicted molar refractivity (Wildman–Crippen MR) is 116 cm³/mol. The Morgan fingerprint density at radius 1 is 1.37 bits per heavy atom. The number of benzene rings is 1. The van der Waals surface area contributed by atoms with Crippen LogP contribution < -0.4 is 10.1 Å². The molecule has 0 radical (unpaired) electrons. The third-order valence-electron chi connectivity index (χ3n) is 4.73. The van der Waals surface area contributed by atoms with E-state index in [1.54, 1.807) is 6.08 Å². The fourth-order valence-electron chi connectivity index (χ4n) is 3.12. The molecule has 8 nitrogen and oxygen atoms in total. The van der Waals surface area contributed by atoms with Gasteiger partial charge < -0.3 is 10.1 Å². The Kier molecular flexibility index (Phi) is 7.54. The van der Waals surface area contributed by atoms with Gasteiger partial charge in [0.2, 0.25) is 5.91 Å². The number of hydrogen-bond donors (Lipinski definition) is 1. The molecule has 10 heteroatoms. The van der Waals surface area contributed by atoms with Crippen LogP contribution in [0, 0.1) is 0 Å². The first-order chi connectivity index (χ1) is 14.4. The van der Waals surface area contributed by atoms with Gasteiger partial charge in [0.25, 0.3) is 0 Å². The zero-order valence-electron chi connectivity index (χ0n) is 16.9. The number of ether oxygens (including phenoxy) is 1. The number of allylic oxidation sites excluding steroid dienone is 1. The van der Waals surface area contributed by atoms with Gasteiger partial charge in [-0.1, -0.05) is 36.9 Å². The van der Waals surface area contributed by atoms with Crippen LogP contribution in [0.25, 0.3) is 0 Å². The molecule has 0 unspecified atom stereocenters. The first kappa shape index (κ1) is 22.4. The quantitative estimate of drug-likeness (QED) is 0.436. The van der Waals surface area contributed by atoms with E-state index in [2.05, 4.69) is 29.0 Å². The number of aromatic nitrogens is 3. The summed E-state index contributed by atoms with van der Waals surface area (Å²) in [7, 11) is -3.03. The van der Waals surface area contributed by atoms with Crippen molar-refractivity contribution < 1.29 is 17.9 Å². The highest BCUT2D eigenvalue weighted by Crippen LogP contribution is 2.20. The summed E-state index contributed by atoms with van der Waals surface area (Å²) >= 11 is 1.25. The van der Waals surface area contributed by atoms with Crippen LogP contribution in [0.1, 0.15) is 24.7 Å². The molecule has 1 amide bonds. The van der Waals surface area contributed by atoms with E-state index < -0.39 is 9.84 Å². The van der Waals surface area contributed by atoms with Crippen molar-refractivity contribution in [2.45, 2.75) is 44.1 Å².